The first-order valence-corrected chi connectivity index (χ1v) is 5.58. The van der Waals surface area contributed by atoms with Crippen molar-refractivity contribution in [3.05, 3.63) is 35.1 Å². The Kier molecular flexibility index (Phi) is 3.47. The number of hydrogen-bond donors (Lipinski definition) is 1. The Morgan fingerprint density at radius 1 is 1.31 bits per heavy atom. The average molecular weight is 243 g/mol. The van der Waals surface area contributed by atoms with Gasteiger partial charge in [-0.15, -0.1) is 12.4 Å². The number of benzene rings is 1. The number of nitrogens with one attached hydrogen (secondary N) is 1. The summed E-state index contributed by atoms with van der Waals surface area (Å²) in [7, 11) is 0. The highest BCUT2D eigenvalue weighted by molar-refractivity contribution is 5.85. The first-order valence-electron chi connectivity index (χ1n) is 5.58. The summed E-state index contributed by atoms with van der Waals surface area (Å²) in [6, 6.07) is 5.71. The molecule has 1 aromatic rings. The highest BCUT2D eigenvalue weighted by Gasteiger charge is 2.31. The van der Waals surface area contributed by atoms with Crippen molar-refractivity contribution in [2.75, 3.05) is 26.2 Å². The number of hydrogen-bond acceptors (Lipinski definition) is 2. The lowest BCUT2D eigenvalue weighted by molar-refractivity contribution is 0.148. The first-order chi connectivity index (χ1) is 7.36. The number of halogens is 2. The van der Waals surface area contributed by atoms with E-state index in [1.54, 1.807) is 6.07 Å². The van der Waals surface area contributed by atoms with Crippen molar-refractivity contribution in [2.45, 2.75) is 12.5 Å². The van der Waals surface area contributed by atoms with Crippen molar-refractivity contribution >= 4 is 12.4 Å². The zero-order valence-corrected chi connectivity index (χ0v) is 9.89. The Hall–Kier alpha value is -0.640. The van der Waals surface area contributed by atoms with Gasteiger partial charge in [0.25, 0.3) is 0 Å². The second-order valence-corrected chi connectivity index (χ2v) is 4.32. The van der Waals surface area contributed by atoms with Crippen molar-refractivity contribution < 1.29 is 4.39 Å². The molecule has 1 unspecified atom stereocenters. The van der Waals surface area contributed by atoms with E-state index in [1.165, 1.54) is 5.56 Å². The van der Waals surface area contributed by atoms with E-state index in [1.807, 2.05) is 6.07 Å². The molecule has 1 N–H and O–H groups in total. The van der Waals surface area contributed by atoms with E-state index >= 15 is 0 Å². The number of fused-ring (bicyclic) bond motifs is 3. The van der Waals surface area contributed by atoms with Gasteiger partial charge in [-0.2, -0.15) is 0 Å². The molecule has 2 nitrogen and oxygen atoms in total. The third kappa shape index (κ3) is 1.83. The summed E-state index contributed by atoms with van der Waals surface area (Å²) in [6.07, 6.45) is 0.990. The Labute approximate surface area is 101 Å². The van der Waals surface area contributed by atoms with Gasteiger partial charge in [-0.1, -0.05) is 12.1 Å². The summed E-state index contributed by atoms with van der Waals surface area (Å²) in [6.45, 7) is 4.02. The van der Waals surface area contributed by atoms with Crippen LogP contribution in [0, 0.1) is 5.82 Å². The minimum atomic E-state index is -0.0362. The third-order valence-corrected chi connectivity index (χ3v) is 3.50. The fourth-order valence-electron chi connectivity index (χ4n) is 2.74. The maximum absolute atomic E-state index is 13.8. The molecule has 88 valence electrons. The number of nitrogens with zero attached hydrogens (tertiary/aromatic N) is 1. The molecule has 4 heteroatoms. The van der Waals surface area contributed by atoms with E-state index in [9.17, 15) is 4.39 Å². The fourth-order valence-corrected chi connectivity index (χ4v) is 2.74. The minimum absolute atomic E-state index is 0. The standard InChI is InChI=1S/C12H15FN2.ClH/c13-10-3-1-2-9-4-6-15-7-5-14-8-11(15)12(9)10;/h1-3,11,14H,4-8H2;1H. The van der Waals surface area contributed by atoms with Gasteiger partial charge in [-0.3, -0.25) is 4.90 Å². The molecule has 1 fully saturated rings. The lowest BCUT2D eigenvalue weighted by atomic mass is 9.91. The predicted octanol–water partition coefficient (Wildman–Crippen LogP) is 1.75. The third-order valence-electron chi connectivity index (χ3n) is 3.50. The van der Waals surface area contributed by atoms with Gasteiger partial charge in [0, 0.05) is 31.7 Å². The van der Waals surface area contributed by atoms with Gasteiger partial charge in [0.15, 0.2) is 0 Å². The predicted molar refractivity (Wildman–Crippen MR) is 64.5 cm³/mol. The van der Waals surface area contributed by atoms with Crippen LogP contribution in [-0.2, 0) is 6.42 Å². The topological polar surface area (TPSA) is 15.3 Å². The van der Waals surface area contributed by atoms with Crippen LogP contribution in [-0.4, -0.2) is 31.1 Å². The zero-order chi connectivity index (χ0) is 10.3. The summed E-state index contributed by atoms with van der Waals surface area (Å²) in [5.74, 6) is -0.0362. The van der Waals surface area contributed by atoms with E-state index in [4.69, 9.17) is 0 Å². The van der Waals surface area contributed by atoms with Gasteiger partial charge in [0.1, 0.15) is 5.82 Å². The molecule has 0 aliphatic carbocycles. The molecule has 2 aliphatic heterocycles. The monoisotopic (exact) mass is 242 g/mol. The maximum Gasteiger partial charge on any atom is 0.128 e. The summed E-state index contributed by atoms with van der Waals surface area (Å²) in [5, 5.41) is 3.34. The molecule has 1 aromatic carbocycles. The lowest BCUT2D eigenvalue weighted by Crippen LogP contribution is -2.49. The summed E-state index contributed by atoms with van der Waals surface area (Å²) >= 11 is 0. The Morgan fingerprint density at radius 2 is 2.19 bits per heavy atom. The fraction of sp³-hybridized carbons (Fsp3) is 0.500. The van der Waals surface area contributed by atoms with Crippen LogP contribution in [0.4, 0.5) is 4.39 Å². The van der Waals surface area contributed by atoms with Gasteiger partial charge < -0.3 is 5.32 Å². The van der Waals surface area contributed by atoms with Crippen LogP contribution >= 0.6 is 12.4 Å². The van der Waals surface area contributed by atoms with Crippen LogP contribution in [0.2, 0.25) is 0 Å². The molecule has 0 bridgehead atoms. The van der Waals surface area contributed by atoms with Crippen molar-refractivity contribution in [3.63, 3.8) is 0 Å². The zero-order valence-electron chi connectivity index (χ0n) is 9.08. The van der Waals surface area contributed by atoms with Gasteiger partial charge >= 0.3 is 0 Å². The molecular weight excluding hydrogens is 227 g/mol. The van der Waals surface area contributed by atoms with E-state index < -0.39 is 0 Å². The van der Waals surface area contributed by atoms with Gasteiger partial charge in [-0.25, -0.2) is 4.39 Å². The normalized spacial score (nSPS) is 24.2. The van der Waals surface area contributed by atoms with Gasteiger partial charge in [0.05, 0.1) is 6.04 Å². The van der Waals surface area contributed by atoms with E-state index in [2.05, 4.69) is 16.3 Å². The van der Waals surface area contributed by atoms with Crippen molar-refractivity contribution in [1.82, 2.24) is 10.2 Å². The molecule has 2 aliphatic rings. The molecule has 0 radical (unpaired) electrons. The molecule has 0 amide bonds. The average Bonchev–Trinajstić information content (AvgIpc) is 2.29. The Balaban J connectivity index is 0.000000963. The van der Waals surface area contributed by atoms with Crippen LogP contribution in [0.15, 0.2) is 18.2 Å². The second kappa shape index (κ2) is 4.70. The maximum atomic E-state index is 13.8. The summed E-state index contributed by atoms with van der Waals surface area (Å²) in [4.78, 5) is 2.39. The smallest absolute Gasteiger partial charge is 0.128 e. The lowest BCUT2D eigenvalue weighted by Gasteiger charge is -2.40. The highest BCUT2D eigenvalue weighted by atomic mass is 35.5. The van der Waals surface area contributed by atoms with E-state index in [0.717, 1.165) is 38.2 Å². The minimum Gasteiger partial charge on any atom is -0.314 e. The molecule has 1 atom stereocenters. The quantitative estimate of drug-likeness (QED) is 0.746. The van der Waals surface area contributed by atoms with Crippen LogP contribution in [0.1, 0.15) is 17.2 Å². The molecular formula is C12H16ClFN2. The van der Waals surface area contributed by atoms with Crippen LogP contribution in [0.5, 0.6) is 0 Å². The first kappa shape index (κ1) is 11.8. The Bertz CT molecular complexity index is 383. The van der Waals surface area contributed by atoms with Crippen molar-refractivity contribution in [3.8, 4) is 0 Å². The van der Waals surface area contributed by atoms with Crippen LogP contribution in [0.3, 0.4) is 0 Å². The molecule has 2 heterocycles. The van der Waals surface area contributed by atoms with Crippen LogP contribution in [0.25, 0.3) is 0 Å². The van der Waals surface area contributed by atoms with Gasteiger partial charge in [0.2, 0.25) is 0 Å². The van der Waals surface area contributed by atoms with E-state index in [0.29, 0.717) is 0 Å². The van der Waals surface area contributed by atoms with Crippen molar-refractivity contribution in [2.24, 2.45) is 0 Å². The van der Waals surface area contributed by atoms with Crippen molar-refractivity contribution in [1.29, 1.82) is 0 Å². The molecule has 0 spiro atoms. The molecule has 0 saturated carbocycles. The largest absolute Gasteiger partial charge is 0.314 e. The summed E-state index contributed by atoms with van der Waals surface area (Å²) < 4.78 is 13.8. The Morgan fingerprint density at radius 3 is 3.06 bits per heavy atom. The second-order valence-electron chi connectivity index (χ2n) is 4.32. The molecule has 16 heavy (non-hydrogen) atoms. The van der Waals surface area contributed by atoms with Gasteiger partial charge in [-0.05, 0) is 18.1 Å². The highest BCUT2D eigenvalue weighted by Crippen LogP contribution is 2.32. The summed E-state index contributed by atoms with van der Waals surface area (Å²) in [5.41, 5.74) is 2.12. The molecule has 3 rings (SSSR count). The molecule has 1 saturated heterocycles. The SMILES string of the molecule is Cl.Fc1cccc2c1C1CNCCN1CC2. The van der Waals surface area contributed by atoms with E-state index in [-0.39, 0.29) is 24.3 Å². The molecule has 0 aromatic heterocycles. The number of piperazine rings is 1. The van der Waals surface area contributed by atoms with Crippen LogP contribution < -0.4 is 5.32 Å². The number of rotatable bonds is 0.